The highest BCUT2D eigenvalue weighted by Crippen LogP contribution is 2.20. The second-order valence-corrected chi connectivity index (χ2v) is 8.71. The number of nitrogens with two attached hydrogens (primary N) is 1. The number of rotatable bonds is 7. The molecule has 0 saturated carbocycles. The molecule has 2 aromatic carbocycles. The Kier molecular flexibility index (Phi) is 6.30. The molecule has 2 amide bonds. The van der Waals surface area contributed by atoms with Gasteiger partial charge in [-0.05, 0) is 49.7 Å². The second kappa shape index (κ2) is 8.30. The number of amides is 2. The summed E-state index contributed by atoms with van der Waals surface area (Å²) in [6, 6.07) is 13.3. The van der Waals surface area contributed by atoms with Crippen LogP contribution in [0.3, 0.4) is 0 Å². The van der Waals surface area contributed by atoms with Gasteiger partial charge in [0.05, 0.1) is 6.26 Å². The first-order chi connectivity index (χ1) is 12.9. The summed E-state index contributed by atoms with van der Waals surface area (Å²) >= 11 is 0. The molecule has 0 bridgehead atoms. The van der Waals surface area contributed by atoms with Crippen molar-refractivity contribution in [3.05, 3.63) is 59.7 Å². The van der Waals surface area contributed by atoms with E-state index in [0.29, 0.717) is 23.4 Å². The van der Waals surface area contributed by atoms with Crippen LogP contribution in [0.4, 0.5) is 16.2 Å². The van der Waals surface area contributed by atoms with Crippen LogP contribution in [0.25, 0.3) is 0 Å². The summed E-state index contributed by atoms with van der Waals surface area (Å²) in [5, 5.41) is 2.75. The molecular weight excluding hydrogens is 382 g/mol. The number of anilines is 2. The minimum atomic E-state index is -3.43. The first kappa shape index (κ1) is 21.2. The van der Waals surface area contributed by atoms with Crippen LogP contribution in [0.1, 0.15) is 29.8 Å². The first-order valence-corrected chi connectivity index (χ1v) is 10.3. The van der Waals surface area contributed by atoms with E-state index < -0.39 is 21.7 Å². The quantitative estimate of drug-likeness (QED) is 0.652. The molecule has 0 aliphatic heterocycles. The highest BCUT2D eigenvalue weighted by atomic mass is 32.2. The molecule has 28 heavy (non-hydrogen) atoms. The normalized spacial score (nSPS) is 11.5. The molecule has 0 aliphatic carbocycles. The predicted octanol–water partition coefficient (Wildman–Crippen LogP) is 2.73. The van der Waals surface area contributed by atoms with Gasteiger partial charge in [0.15, 0.2) is 0 Å². The van der Waals surface area contributed by atoms with Gasteiger partial charge in [-0.3, -0.25) is 9.52 Å². The Morgan fingerprint density at radius 1 is 1.07 bits per heavy atom. The number of hydrogen-bond donors (Lipinski definition) is 3. The Morgan fingerprint density at radius 3 is 2.29 bits per heavy atom. The van der Waals surface area contributed by atoms with Crippen molar-refractivity contribution in [2.75, 3.05) is 16.3 Å². The summed E-state index contributed by atoms with van der Waals surface area (Å²) in [6.45, 7) is 3.51. The van der Waals surface area contributed by atoms with E-state index in [1.54, 1.807) is 44.2 Å². The average molecular weight is 405 g/mol. The largest absolute Gasteiger partial charge is 0.443 e. The van der Waals surface area contributed by atoms with Crippen LogP contribution >= 0.6 is 0 Å². The molecule has 150 valence electrons. The molecule has 9 heteroatoms. The van der Waals surface area contributed by atoms with E-state index in [1.165, 1.54) is 6.07 Å². The van der Waals surface area contributed by atoms with E-state index in [-0.39, 0.29) is 5.91 Å². The van der Waals surface area contributed by atoms with Gasteiger partial charge >= 0.3 is 6.09 Å². The van der Waals surface area contributed by atoms with Crippen molar-refractivity contribution < 1.29 is 22.7 Å². The lowest BCUT2D eigenvalue weighted by atomic mass is 9.98. The van der Waals surface area contributed by atoms with Gasteiger partial charge in [0.25, 0.3) is 5.91 Å². The van der Waals surface area contributed by atoms with Crippen LogP contribution in [0.15, 0.2) is 48.5 Å². The number of carbonyl (C=O) groups is 2. The van der Waals surface area contributed by atoms with Gasteiger partial charge in [0.2, 0.25) is 10.0 Å². The van der Waals surface area contributed by atoms with Crippen molar-refractivity contribution >= 4 is 33.4 Å². The van der Waals surface area contributed by atoms with Gasteiger partial charge in [-0.25, -0.2) is 13.2 Å². The Hall–Kier alpha value is -3.07. The maximum Gasteiger partial charge on any atom is 0.405 e. The summed E-state index contributed by atoms with van der Waals surface area (Å²) < 4.78 is 30.0. The molecule has 0 heterocycles. The number of nitrogens with one attached hydrogen (secondary N) is 2. The fourth-order valence-electron chi connectivity index (χ4n) is 2.65. The highest BCUT2D eigenvalue weighted by molar-refractivity contribution is 7.92. The number of ether oxygens (including phenoxy) is 1. The van der Waals surface area contributed by atoms with E-state index in [0.717, 1.165) is 11.8 Å². The fourth-order valence-corrected chi connectivity index (χ4v) is 3.20. The van der Waals surface area contributed by atoms with Gasteiger partial charge in [-0.15, -0.1) is 0 Å². The van der Waals surface area contributed by atoms with E-state index in [4.69, 9.17) is 10.5 Å². The van der Waals surface area contributed by atoms with Crippen LogP contribution in [-0.2, 0) is 21.2 Å². The average Bonchev–Trinajstić information content (AvgIpc) is 2.53. The fraction of sp³-hybridized carbons (Fsp3) is 0.263. The molecule has 0 unspecified atom stereocenters. The molecule has 0 aliphatic rings. The molecule has 8 nitrogen and oxygen atoms in total. The van der Waals surface area contributed by atoms with Crippen molar-refractivity contribution in [1.29, 1.82) is 0 Å². The highest BCUT2D eigenvalue weighted by Gasteiger charge is 2.22. The first-order valence-electron chi connectivity index (χ1n) is 8.40. The minimum Gasteiger partial charge on any atom is -0.443 e. The molecule has 0 atom stereocenters. The Morgan fingerprint density at radius 2 is 1.71 bits per heavy atom. The third-order valence-corrected chi connectivity index (χ3v) is 4.25. The zero-order valence-electron chi connectivity index (χ0n) is 15.9. The summed E-state index contributed by atoms with van der Waals surface area (Å²) in [6.07, 6.45) is 0.668. The zero-order valence-corrected chi connectivity index (χ0v) is 16.7. The predicted molar refractivity (Wildman–Crippen MR) is 108 cm³/mol. The summed E-state index contributed by atoms with van der Waals surface area (Å²) in [4.78, 5) is 23.3. The summed E-state index contributed by atoms with van der Waals surface area (Å²) in [5.41, 5.74) is 6.42. The van der Waals surface area contributed by atoms with Crippen molar-refractivity contribution in [3.8, 4) is 0 Å². The topological polar surface area (TPSA) is 128 Å². The van der Waals surface area contributed by atoms with Crippen LogP contribution < -0.4 is 15.8 Å². The standard InChI is InChI=1S/C19H23N3O5S/c1-19(2,27-18(20)24)12-13-7-9-15(10-8-13)21-17(23)14-5-4-6-16(11-14)22-28(3,25)26/h4-11,22H,12H2,1-3H3,(H2,20,24)(H,21,23). The third kappa shape index (κ3) is 6.92. The monoisotopic (exact) mass is 405 g/mol. The molecule has 0 radical (unpaired) electrons. The van der Waals surface area contributed by atoms with Gasteiger partial charge in [0, 0.05) is 23.4 Å². The third-order valence-electron chi connectivity index (χ3n) is 3.65. The lowest BCUT2D eigenvalue weighted by Gasteiger charge is -2.24. The van der Waals surface area contributed by atoms with E-state index in [9.17, 15) is 18.0 Å². The van der Waals surface area contributed by atoms with Gasteiger partial charge in [0.1, 0.15) is 5.60 Å². The van der Waals surface area contributed by atoms with Crippen molar-refractivity contribution in [3.63, 3.8) is 0 Å². The van der Waals surface area contributed by atoms with E-state index >= 15 is 0 Å². The summed E-state index contributed by atoms with van der Waals surface area (Å²) in [5.74, 6) is -0.373. The van der Waals surface area contributed by atoms with Crippen LogP contribution in [0.5, 0.6) is 0 Å². The van der Waals surface area contributed by atoms with Crippen molar-refractivity contribution in [1.82, 2.24) is 0 Å². The molecule has 0 spiro atoms. The molecule has 0 aromatic heterocycles. The van der Waals surface area contributed by atoms with E-state index in [1.807, 2.05) is 12.1 Å². The SMILES string of the molecule is CC(C)(Cc1ccc(NC(=O)c2cccc(NS(C)(=O)=O)c2)cc1)OC(N)=O. The molecule has 0 fully saturated rings. The number of sulfonamides is 1. The molecular formula is C19H23N3O5S. The zero-order chi connectivity index (χ0) is 20.9. The molecule has 4 N–H and O–H groups in total. The van der Waals surface area contributed by atoms with Crippen LogP contribution in [0.2, 0.25) is 0 Å². The Labute approximate surface area is 164 Å². The smallest absolute Gasteiger partial charge is 0.405 e. The second-order valence-electron chi connectivity index (χ2n) is 6.96. The number of carbonyl (C=O) groups excluding carboxylic acids is 2. The molecule has 0 saturated heterocycles. The van der Waals surface area contributed by atoms with Crippen LogP contribution in [0, 0.1) is 0 Å². The maximum absolute atomic E-state index is 12.4. The number of benzene rings is 2. The number of primary amides is 1. The van der Waals surface area contributed by atoms with Gasteiger partial charge in [-0.1, -0.05) is 18.2 Å². The maximum atomic E-state index is 12.4. The minimum absolute atomic E-state index is 0.308. The molecule has 2 rings (SSSR count). The Bertz CT molecular complexity index is 969. The van der Waals surface area contributed by atoms with Crippen molar-refractivity contribution in [2.24, 2.45) is 5.73 Å². The summed E-state index contributed by atoms with van der Waals surface area (Å²) in [7, 11) is -3.43. The van der Waals surface area contributed by atoms with Gasteiger partial charge < -0.3 is 15.8 Å². The number of hydrogen-bond acceptors (Lipinski definition) is 5. The molecule has 2 aromatic rings. The lowest BCUT2D eigenvalue weighted by molar-refractivity contribution is 0.0460. The van der Waals surface area contributed by atoms with E-state index in [2.05, 4.69) is 10.0 Å². The van der Waals surface area contributed by atoms with Crippen molar-refractivity contribution in [2.45, 2.75) is 25.9 Å². The lowest BCUT2D eigenvalue weighted by Crippen LogP contribution is -2.33. The Balaban J connectivity index is 2.05. The van der Waals surface area contributed by atoms with Gasteiger partial charge in [-0.2, -0.15) is 0 Å². The van der Waals surface area contributed by atoms with Crippen LogP contribution in [-0.4, -0.2) is 32.3 Å².